The van der Waals surface area contributed by atoms with Gasteiger partial charge in [-0.15, -0.1) is 0 Å². The average molecular weight is 333 g/mol. The molecule has 130 valence electrons. The van der Waals surface area contributed by atoms with Crippen LogP contribution in [0.2, 0.25) is 0 Å². The highest BCUT2D eigenvalue weighted by Gasteiger charge is 2.35. The van der Waals surface area contributed by atoms with E-state index in [1.165, 1.54) is 4.90 Å². The van der Waals surface area contributed by atoms with E-state index in [0.717, 1.165) is 12.8 Å². The molecule has 1 atom stereocenters. The number of piperazine rings is 1. The van der Waals surface area contributed by atoms with Crippen molar-refractivity contribution in [2.24, 2.45) is 0 Å². The molecule has 2 N–H and O–H groups in total. The number of rotatable bonds is 6. The van der Waals surface area contributed by atoms with Crippen LogP contribution in [0.15, 0.2) is 30.3 Å². The fraction of sp³-hybridized carbons (Fsp3) is 0.471. The summed E-state index contributed by atoms with van der Waals surface area (Å²) in [6, 6.07) is 7.73. The molecule has 0 saturated carbocycles. The average Bonchev–Trinajstić information content (AvgIpc) is 2.58. The third-order valence-corrected chi connectivity index (χ3v) is 3.74. The molecule has 1 aromatic rings. The number of anilines is 1. The van der Waals surface area contributed by atoms with Crippen molar-refractivity contribution in [3.63, 3.8) is 0 Å². The molecule has 1 aliphatic heterocycles. The number of unbranched alkanes of at least 4 members (excludes halogenated alkanes) is 1. The molecule has 1 fully saturated rings. The molecule has 0 spiro atoms. The van der Waals surface area contributed by atoms with E-state index in [4.69, 9.17) is 4.74 Å². The number of carbonyl (C=O) groups is 3. The van der Waals surface area contributed by atoms with Crippen LogP contribution < -0.4 is 10.6 Å². The van der Waals surface area contributed by atoms with Crippen LogP contribution in [0.5, 0.6) is 0 Å². The highest BCUT2D eigenvalue weighted by molar-refractivity contribution is 5.96. The van der Waals surface area contributed by atoms with Gasteiger partial charge in [0.15, 0.2) is 0 Å². The normalized spacial score (nSPS) is 17.1. The zero-order chi connectivity index (χ0) is 17.4. The van der Waals surface area contributed by atoms with E-state index in [2.05, 4.69) is 10.6 Å². The number of carbonyl (C=O) groups excluding carboxylic acids is 3. The van der Waals surface area contributed by atoms with Crippen molar-refractivity contribution in [3.8, 4) is 0 Å². The smallest absolute Gasteiger partial charge is 0.322 e. The lowest BCUT2D eigenvalue weighted by Crippen LogP contribution is -2.58. The molecule has 3 amide bonds. The van der Waals surface area contributed by atoms with Crippen molar-refractivity contribution in [1.29, 1.82) is 0 Å². The number of hydrogen-bond donors (Lipinski definition) is 2. The second-order valence-corrected chi connectivity index (χ2v) is 5.57. The number of benzene rings is 1. The Morgan fingerprint density at radius 3 is 2.79 bits per heavy atom. The summed E-state index contributed by atoms with van der Waals surface area (Å²) in [5, 5.41) is 5.43. The van der Waals surface area contributed by atoms with Crippen molar-refractivity contribution in [1.82, 2.24) is 10.2 Å². The highest BCUT2D eigenvalue weighted by Crippen LogP contribution is 2.14. The van der Waals surface area contributed by atoms with Crippen molar-refractivity contribution in [3.05, 3.63) is 30.3 Å². The summed E-state index contributed by atoms with van der Waals surface area (Å²) < 4.78 is 5.10. The van der Waals surface area contributed by atoms with Crippen molar-refractivity contribution >= 4 is 23.6 Å². The second-order valence-electron chi connectivity index (χ2n) is 5.57. The molecule has 0 aliphatic carbocycles. The summed E-state index contributed by atoms with van der Waals surface area (Å²) in [4.78, 5) is 37.8. The molecule has 1 saturated heterocycles. The molecule has 24 heavy (non-hydrogen) atoms. The molecular formula is C17H23N3O4. The molecule has 1 aromatic carbocycles. The maximum atomic E-state index is 12.4. The second kappa shape index (κ2) is 8.90. The van der Waals surface area contributed by atoms with Crippen LogP contribution in [0.1, 0.15) is 26.2 Å². The lowest BCUT2D eigenvalue weighted by atomic mass is 10.1. The van der Waals surface area contributed by atoms with Gasteiger partial charge in [-0.2, -0.15) is 0 Å². The molecule has 0 aromatic heterocycles. The van der Waals surface area contributed by atoms with Crippen LogP contribution in [0, 0.1) is 0 Å². The first kappa shape index (κ1) is 17.8. The Hall–Kier alpha value is -2.57. The highest BCUT2D eigenvalue weighted by atomic mass is 16.5. The first-order chi connectivity index (χ1) is 11.6. The number of para-hydroxylation sites is 1. The van der Waals surface area contributed by atoms with Crippen LogP contribution in [0.3, 0.4) is 0 Å². The molecule has 1 aliphatic rings. The molecule has 0 bridgehead atoms. The van der Waals surface area contributed by atoms with Gasteiger partial charge in [-0.25, -0.2) is 4.79 Å². The predicted molar refractivity (Wildman–Crippen MR) is 89.4 cm³/mol. The largest absolute Gasteiger partial charge is 0.466 e. The maximum Gasteiger partial charge on any atom is 0.322 e. The van der Waals surface area contributed by atoms with E-state index in [1.807, 2.05) is 13.0 Å². The number of amides is 3. The van der Waals surface area contributed by atoms with Gasteiger partial charge in [0.05, 0.1) is 13.0 Å². The Balaban J connectivity index is 1.98. The fourth-order valence-electron chi connectivity index (χ4n) is 2.42. The molecule has 2 rings (SSSR count). The Morgan fingerprint density at radius 1 is 1.33 bits per heavy atom. The zero-order valence-corrected chi connectivity index (χ0v) is 13.8. The third-order valence-electron chi connectivity index (χ3n) is 3.74. The Labute approximate surface area is 141 Å². The van der Waals surface area contributed by atoms with E-state index in [1.54, 1.807) is 24.3 Å². The molecule has 0 radical (unpaired) electrons. The fourth-order valence-corrected chi connectivity index (χ4v) is 2.42. The van der Waals surface area contributed by atoms with Gasteiger partial charge in [-0.1, -0.05) is 31.5 Å². The Kier molecular flexibility index (Phi) is 6.60. The summed E-state index contributed by atoms with van der Waals surface area (Å²) in [5.74, 6) is -0.806. The summed E-state index contributed by atoms with van der Waals surface area (Å²) in [7, 11) is 0. The SMILES string of the molecule is CCCCOC(=O)C[C@@H]1C(=O)NCCN1C(=O)Nc1ccccc1. The van der Waals surface area contributed by atoms with Gasteiger partial charge in [0.1, 0.15) is 6.04 Å². The minimum atomic E-state index is -0.850. The minimum absolute atomic E-state index is 0.141. The van der Waals surface area contributed by atoms with E-state index in [-0.39, 0.29) is 12.3 Å². The van der Waals surface area contributed by atoms with Crippen molar-refractivity contribution < 1.29 is 19.1 Å². The number of hydrogen-bond acceptors (Lipinski definition) is 4. The number of nitrogens with zero attached hydrogens (tertiary/aromatic N) is 1. The number of urea groups is 1. The standard InChI is InChI=1S/C17H23N3O4/c1-2-3-11-24-15(21)12-14-16(22)18-9-10-20(14)17(23)19-13-7-5-4-6-8-13/h4-8,14H,2-3,9-12H2,1H3,(H,18,22)(H,19,23)/t14-/m1/s1. The van der Waals surface area contributed by atoms with E-state index in [0.29, 0.717) is 25.4 Å². The van der Waals surface area contributed by atoms with Crippen molar-refractivity contribution in [2.75, 3.05) is 25.0 Å². The zero-order valence-electron chi connectivity index (χ0n) is 13.8. The van der Waals surface area contributed by atoms with Crippen LogP contribution in [0.25, 0.3) is 0 Å². The monoisotopic (exact) mass is 333 g/mol. The lowest BCUT2D eigenvalue weighted by Gasteiger charge is -2.34. The summed E-state index contributed by atoms with van der Waals surface area (Å²) in [6.45, 7) is 3.04. The topological polar surface area (TPSA) is 87.7 Å². The molecule has 0 unspecified atom stereocenters. The Morgan fingerprint density at radius 2 is 2.08 bits per heavy atom. The van der Waals surface area contributed by atoms with Gasteiger partial charge in [0, 0.05) is 18.8 Å². The van der Waals surface area contributed by atoms with Gasteiger partial charge < -0.3 is 20.3 Å². The lowest BCUT2D eigenvalue weighted by molar-refractivity contribution is -0.147. The molecule has 7 heteroatoms. The van der Waals surface area contributed by atoms with Gasteiger partial charge in [-0.3, -0.25) is 9.59 Å². The predicted octanol–water partition coefficient (Wildman–Crippen LogP) is 1.75. The van der Waals surface area contributed by atoms with Crippen molar-refractivity contribution in [2.45, 2.75) is 32.2 Å². The maximum absolute atomic E-state index is 12.4. The van der Waals surface area contributed by atoms with Gasteiger partial charge in [0.25, 0.3) is 0 Å². The number of esters is 1. The molecular weight excluding hydrogens is 310 g/mol. The summed E-state index contributed by atoms with van der Waals surface area (Å²) in [6.07, 6.45) is 1.56. The Bertz CT molecular complexity index is 576. The van der Waals surface area contributed by atoms with Gasteiger partial charge in [0.2, 0.25) is 5.91 Å². The summed E-state index contributed by atoms with van der Waals surface area (Å²) in [5.41, 5.74) is 0.637. The van der Waals surface area contributed by atoms with E-state index < -0.39 is 18.0 Å². The summed E-state index contributed by atoms with van der Waals surface area (Å²) >= 11 is 0. The minimum Gasteiger partial charge on any atom is -0.466 e. The van der Waals surface area contributed by atoms with Crippen LogP contribution >= 0.6 is 0 Å². The van der Waals surface area contributed by atoms with Crippen LogP contribution in [-0.2, 0) is 14.3 Å². The molecule has 1 heterocycles. The first-order valence-electron chi connectivity index (χ1n) is 8.18. The van der Waals surface area contributed by atoms with Gasteiger partial charge >= 0.3 is 12.0 Å². The number of ether oxygens (including phenoxy) is 1. The third kappa shape index (κ3) is 4.97. The van der Waals surface area contributed by atoms with Gasteiger partial charge in [-0.05, 0) is 18.6 Å². The molecule has 7 nitrogen and oxygen atoms in total. The van der Waals surface area contributed by atoms with E-state index >= 15 is 0 Å². The van der Waals surface area contributed by atoms with E-state index in [9.17, 15) is 14.4 Å². The van der Waals surface area contributed by atoms with Crippen LogP contribution in [-0.4, -0.2) is 48.5 Å². The quantitative estimate of drug-likeness (QED) is 0.613. The van der Waals surface area contributed by atoms with Crippen LogP contribution in [0.4, 0.5) is 10.5 Å². The first-order valence-corrected chi connectivity index (χ1v) is 8.18. The number of nitrogens with one attached hydrogen (secondary N) is 2.